The van der Waals surface area contributed by atoms with Gasteiger partial charge in [0.15, 0.2) is 0 Å². The van der Waals surface area contributed by atoms with Gasteiger partial charge in [0.05, 0.1) is 0 Å². The molecule has 0 unspecified atom stereocenters. The Kier molecular flexibility index (Phi) is 5.15. The van der Waals surface area contributed by atoms with Gasteiger partial charge < -0.3 is 5.32 Å². The lowest BCUT2D eigenvalue weighted by atomic mass is 10.2. The third kappa shape index (κ3) is 3.78. The Hall–Kier alpha value is -0.380. The molecule has 0 radical (unpaired) electrons. The highest BCUT2D eigenvalue weighted by Crippen LogP contribution is 2.17. The Labute approximate surface area is 96.1 Å². The van der Waals surface area contributed by atoms with E-state index in [1.807, 2.05) is 0 Å². The Morgan fingerprint density at radius 2 is 2.29 bits per heavy atom. The van der Waals surface area contributed by atoms with Gasteiger partial charge in [-0.1, -0.05) is 33.6 Å². The Bertz CT molecular complexity index is 328. The van der Waals surface area contributed by atoms with Gasteiger partial charge in [-0.3, -0.25) is 0 Å². The van der Waals surface area contributed by atoms with E-state index < -0.39 is 0 Å². The molecule has 4 heteroatoms. The summed E-state index contributed by atoms with van der Waals surface area (Å²) in [5.41, 5.74) is 2.35. The first-order valence-electron chi connectivity index (χ1n) is 4.14. The number of benzene rings is 1. The highest BCUT2D eigenvalue weighted by molar-refractivity contribution is 9.10. The van der Waals surface area contributed by atoms with Crippen LogP contribution in [0.4, 0.5) is 4.39 Å². The average Bonchev–Trinajstić information content (AvgIpc) is 2.18. The van der Waals surface area contributed by atoms with E-state index in [1.54, 1.807) is 12.1 Å². The number of rotatable bonds is 4. The van der Waals surface area contributed by atoms with Gasteiger partial charge in [-0.15, -0.1) is 0 Å². The van der Waals surface area contributed by atoms with Crippen LogP contribution in [0.5, 0.6) is 0 Å². The second-order valence-electron chi connectivity index (χ2n) is 2.73. The molecule has 0 saturated carbocycles. The van der Waals surface area contributed by atoms with Crippen LogP contribution in [-0.4, -0.2) is 6.54 Å². The van der Waals surface area contributed by atoms with Crippen molar-refractivity contribution in [3.05, 3.63) is 45.7 Å². The van der Waals surface area contributed by atoms with E-state index in [0.29, 0.717) is 13.1 Å². The summed E-state index contributed by atoms with van der Waals surface area (Å²) in [6, 6.07) is 4.62. The highest BCUT2D eigenvalue weighted by atomic mass is 79.9. The fraction of sp³-hybridized carbons (Fsp3) is 0.200. The molecule has 1 nitrogen and oxygen atoms in total. The van der Waals surface area contributed by atoms with Crippen molar-refractivity contribution in [2.45, 2.75) is 6.54 Å². The van der Waals surface area contributed by atoms with Gasteiger partial charge in [-0.25, -0.2) is 4.39 Å². The largest absolute Gasteiger partial charge is 0.309 e. The predicted molar refractivity (Wildman–Crippen MR) is 60.8 cm³/mol. The van der Waals surface area contributed by atoms with Gasteiger partial charge in [0, 0.05) is 23.1 Å². The van der Waals surface area contributed by atoms with Gasteiger partial charge in [-0.05, 0) is 23.8 Å². The summed E-state index contributed by atoms with van der Waals surface area (Å²) in [7, 11) is 0. The molecular weight excluding hydrogens is 268 g/mol. The van der Waals surface area contributed by atoms with Crippen LogP contribution in [0.1, 0.15) is 5.56 Å². The molecule has 1 rings (SSSR count). The maximum absolute atomic E-state index is 12.8. The minimum Gasteiger partial charge on any atom is -0.309 e. The summed E-state index contributed by atoms with van der Waals surface area (Å²) in [5.74, 6) is -0.224. The number of halogens is 3. The van der Waals surface area contributed by atoms with Gasteiger partial charge in [0.2, 0.25) is 0 Å². The summed E-state index contributed by atoms with van der Waals surface area (Å²) in [4.78, 5) is 0. The van der Waals surface area contributed by atoms with E-state index in [1.165, 1.54) is 17.7 Å². The topological polar surface area (TPSA) is 12.0 Å². The molecule has 0 aromatic heterocycles. The van der Waals surface area contributed by atoms with E-state index in [4.69, 9.17) is 11.6 Å². The monoisotopic (exact) mass is 277 g/mol. The zero-order valence-electron chi connectivity index (χ0n) is 7.43. The lowest BCUT2D eigenvalue weighted by Gasteiger charge is -2.04. The maximum Gasteiger partial charge on any atom is 0.123 e. The van der Waals surface area contributed by atoms with Gasteiger partial charge >= 0.3 is 0 Å². The molecule has 1 aromatic carbocycles. The van der Waals surface area contributed by atoms with Gasteiger partial charge in [0.25, 0.3) is 0 Å². The average molecular weight is 279 g/mol. The van der Waals surface area contributed by atoms with Crippen molar-refractivity contribution in [2.75, 3.05) is 6.54 Å². The van der Waals surface area contributed by atoms with Crippen molar-refractivity contribution >= 4 is 27.5 Å². The molecule has 0 atom stereocenters. The molecule has 1 N–H and O–H groups in total. The van der Waals surface area contributed by atoms with Crippen LogP contribution in [0, 0.1) is 5.82 Å². The third-order valence-electron chi connectivity index (χ3n) is 1.67. The van der Waals surface area contributed by atoms with Gasteiger partial charge in [-0.2, -0.15) is 0 Å². The van der Waals surface area contributed by atoms with Crippen molar-refractivity contribution < 1.29 is 4.39 Å². The SMILES string of the molecule is Fc1ccc(Br)c(CNC/C=C/Cl)c1. The summed E-state index contributed by atoms with van der Waals surface area (Å²) in [6.07, 6.45) is 1.79. The first-order valence-corrected chi connectivity index (χ1v) is 5.37. The Morgan fingerprint density at radius 3 is 3.00 bits per heavy atom. The van der Waals surface area contributed by atoms with Crippen LogP contribution in [0.2, 0.25) is 0 Å². The van der Waals surface area contributed by atoms with Crippen molar-refractivity contribution in [2.24, 2.45) is 0 Å². The minimum atomic E-state index is -0.224. The first-order chi connectivity index (χ1) is 6.74. The molecule has 76 valence electrons. The summed E-state index contributed by atoms with van der Waals surface area (Å²) >= 11 is 8.70. The molecule has 1 aromatic rings. The second kappa shape index (κ2) is 6.17. The molecule has 0 aliphatic rings. The summed E-state index contributed by atoms with van der Waals surface area (Å²) < 4.78 is 13.7. The molecule has 0 heterocycles. The predicted octanol–water partition coefficient (Wildman–Crippen LogP) is 3.43. The smallest absolute Gasteiger partial charge is 0.123 e. The van der Waals surface area contributed by atoms with Gasteiger partial charge in [0.1, 0.15) is 5.82 Å². The Morgan fingerprint density at radius 1 is 1.50 bits per heavy atom. The molecule has 0 bridgehead atoms. The summed E-state index contributed by atoms with van der Waals surface area (Å²) in [6.45, 7) is 1.28. The first kappa shape index (κ1) is 11.7. The van der Waals surface area contributed by atoms with Crippen LogP contribution in [0.25, 0.3) is 0 Å². The molecule has 0 aliphatic carbocycles. The lowest BCUT2D eigenvalue weighted by Crippen LogP contribution is -2.13. The fourth-order valence-electron chi connectivity index (χ4n) is 1.01. The molecule has 0 aliphatic heterocycles. The quantitative estimate of drug-likeness (QED) is 0.832. The van der Waals surface area contributed by atoms with E-state index in [2.05, 4.69) is 21.2 Å². The zero-order valence-corrected chi connectivity index (χ0v) is 9.78. The lowest BCUT2D eigenvalue weighted by molar-refractivity contribution is 0.622. The van der Waals surface area contributed by atoms with Crippen molar-refractivity contribution in [3.63, 3.8) is 0 Å². The van der Waals surface area contributed by atoms with Crippen LogP contribution < -0.4 is 5.32 Å². The van der Waals surface area contributed by atoms with Crippen LogP contribution in [0.3, 0.4) is 0 Å². The number of nitrogens with one attached hydrogen (secondary N) is 1. The molecular formula is C10H10BrClFN. The normalized spacial score (nSPS) is 11.1. The van der Waals surface area contributed by atoms with Crippen LogP contribution in [-0.2, 0) is 6.54 Å². The van der Waals surface area contributed by atoms with Crippen molar-refractivity contribution in [1.29, 1.82) is 0 Å². The van der Waals surface area contributed by atoms with E-state index >= 15 is 0 Å². The van der Waals surface area contributed by atoms with Crippen LogP contribution in [0.15, 0.2) is 34.3 Å². The second-order valence-corrected chi connectivity index (χ2v) is 3.83. The fourth-order valence-corrected chi connectivity index (χ4v) is 1.49. The molecule has 14 heavy (non-hydrogen) atoms. The van der Waals surface area contributed by atoms with E-state index in [-0.39, 0.29) is 5.82 Å². The summed E-state index contributed by atoms with van der Waals surface area (Å²) in [5, 5.41) is 3.10. The number of hydrogen-bond acceptors (Lipinski definition) is 1. The highest BCUT2D eigenvalue weighted by Gasteiger charge is 2.00. The van der Waals surface area contributed by atoms with E-state index in [0.717, 1.165) is 10.0 Å². The number of hydrogen-bond donors (Lipinski definition) is 1. The molecule has 0 spiro atoms. The molecule has 0 fully saturated rings. The van der Waals surface area contributed by atoms with Crippen LogP contribution >= 0.6 is 27.5 Å². The van der Waals surface area contributed by atoms with Crippen molar-refractivity contribution in [3.8, 4) is 0 Å². The van der Waals surface area contributed by atoms with E-state index in [9.17, 15) is 4.39 Å². The molecule has 0 saturated heterocycles. The minimum absolute atomic E-state index is 0.224. The zero-order chi connectivity index (χ0) is 10.4. The third-order valence-corrected chi connectivity index (χ3v) is 2.63. The molecule has 0 amide bonds. The van der Waals surface area contributed by atoms with Crippen molar-refractivity contribution in [1.82, 2.24) is 5.32 Å². The Balaban J connectivity index is 2.53. The maximum atomic E-state index is 12.8. The standard InChI is InChI=1S/C10H10BrClFN/c11-10-3-2-9(13)6-8(10)7-14-5-1-4-12/h1-4,6,14H,5,7H2/b4-1+.